The smallest absolute Gasteiger partial charge is 0.328 e. The second-order valence-corrected chi connectivity index (χ2v) is 12.1. The average Bonchev–Trinajstić information content (AvgIpc) is 3.31. The first kappa shape index (κ1) is 28.9. The highest BCUT2D eigenvalue weighted by Gasteiger charge is 2.77. The molecule has 4 aliphatic rings. The summed E-state index contributed by atoms with van der Waals surface area (Å²) in [6, 6.07) is 5.89. The number of carbonyl (C=O) groups is 5. The third-order valence-corrected chi connectivity index (χ3v) is 10.3. The van der Waals surface area contributed by atoms with Crippen LogP contribution in [-0.2, 0) is 19.2 Å². The number of phenolic OH excluding ortho intramolecular Hbond substituents is 1. The Hall–Kier alpha value is -4.16. The fourth-order valence-corrected chi connectivity index (χ4v) is 8.06. The van der Waals surface area contributed by atoms with Gasteiger partial charge in [0.05, 0.1) is 31.7 Å². The third-order valence-electron chi connectivity index (χ3n) is 8.93. The molecule has 1 saturated carbocycles. The molecule has 0 aromatic heterocycles. The van der Waals surface area contributed by atoms with Crippen LogP contribution in [0.25, 0.3) is 0 Å². The van der Waals surface area contributed by atoms with Gasteiger partial charge in [0.2, 0.25) is 11.8 Å². The Bertz CT molecular complexity index is 1640. The first-order valence-electron chi connectivity index (χ1n) is 13.2. The number of halogens is 3. The molecule has 0 bridgehead atoms. The van der Waals surface area contributed by atoms with Crippen LogP contribution in [0.4, 0.5) is 14.9 Å². The van der Waals surface area contributed by atoms with Crippen LogP contribution in [0.2, 0.25) is 0 Å². The average molecular weight is 632 g/mol. The molecular weight excluding hydrogens is 608 g/mol. The lowest BCUT2D eigenvalue weighted by Gasteiger charge is -2.51. The van der Waals surface area contributed by atoms with Crippen LogP contribution in [0, 0.1) is 23.6 Å². The van der Waals surface area contributed by atoms with Gasteiger partial charge >= 0.3 is 6.03 Å². The van der Waals surface area contributed by atoms with Crippen LogP contribution in [0.5, 0.6) is 17.2 Å². The topological polar surface area (TPSA) is 157 Å². The Labute approximate surface area is 253 Å². The molecule has 224 valence electrons. The number of methoxy groups -OCH3 is 2. The predicted molar refractivity (Wildman–Crippen MR) is 149 cm³/mol. The van der Waals surface area contributed by atoms with Crippen LogP contribution < -0.4 is 20.1 Å². The maximum Gasteiger partial charge on any atom is 0.328 e. The van der Waals surface area contributed by atoms with Gasteiger partial charge in [-0.05, 0) is 43.0 Å². The van der Waals surface area contributed by atoms with Gasteiger partial charge < -0.3 is 20.3 Å². The van der Waals surface area contributed by atoms with Crippen molar-refractivity contribution in [3.05, 3.63) is 59.4 Å². The molecular formula is C29H24Cl2FN3O8. The third kappa shape index (κ3) is 3.69. The Morgan fingerprint density at radius 3 is 2.16 bits per heavy atom. The van der Waals surface area contributed by atoms with Crippen molar-refractivity contribution in [2.45, 2.75) is 28.5 Å². The molecule has 14 heteroatoms. The second kappa shape index (κ2) is 9.68. The van der Waals surface area contributed by atoms with E-state index in [1.165, 1.54) is 38.5 Å². The number of rotatable bonds is 4. The van der Waals surface area contributed by atoms with E-state index in [9.17, 15) is 33.5 Å². The van der Waals surface area contributed by atoms with E-state index in [0.29, 0.717) is 10.5 Å². The molecule has 0 radical (unpaired) electrons. The Kier molecular flexibility index (Phi) is 6.51. The summed E-state index contributed by atoms with van der Waals surface area (Å²) in [5.74, 6) is -8.61. The summed E-state index contributed by atoms with van der Waals surface area (Å²) >= 11 is 14.6. The summed E-state index contributed by atoms with van der Waals surface area (Å²) in [6.45, 7) is 0. The summed E-state index contributed by atoms with van der Waals surface area (Å²) in [4.78, 5) is 64.0. The zero-order chi connectivity index (χ0) is 31.2. The van der Waals surface area contributed by atoms with Crippen molar-refractivity contribution in [2.24, 2.45) is 23.5 Å². The van der Waals surface area contributed by atoms with Gasteiger partial charge in [-0.3, -0.25) is 19.2 Å². The predicted octanol–water partition coefficient (Wildman–Crippen LogP) is 3.19. The molecule has 3 N–H and O–H groups in total. The summed E-state index contributed by atoms with van der Waals surface area (Å²) < 4.78 is 24.9. The number of anilines is 1. The van der Waals surface area contributed by atoms with E-state index in [0.717, 1.165) is 17.0 Å². The van der Waals surface area contributed by atoms with Crippen molar-refractivity contribution in [2.75, 3.05) is 19.1 Å². The Morgan fingerprint density at radius 2 is 1.60 bits per heavy atom. The van der Waals surface area contributed by atoms with Crippen molar-refractivity contribution in [1.29, 1.82) is 0 Å². The standard InChI is InChI=1S/C29H24Cl2FN3O8/c1-42-18-9-14(36)10-19(43-2)21(18)22-15-7-8-16-20(24(38)35(23(16)37)27(33)41)17(15)11-28(30)25(39)34(26(40)29(22,28)31)13-5-3-12(32)4-6-13/h3-7,9-10,16-17,20,22,36H,8,11H2,1-2H3,(H2,33,41)/t16-,17+,20-,22+,28+,29-/m0/s1. The quantitative estimate of drug-likeness (QED) is 0.296. The number of urea groups is 1. The molecule has 2 aliphatic carbocycles. The minimum absolute atomic E-state index is 0.00383. The van der Waals surface area contributed by atoms with Crippen molar-refractivity contribution in [3.8, 4) is 17.2 Å². The summed E-state index contributed by atoms with van der Waals surface area (Å²) in [5.41, 5.74) is 5.93. The number of alkyl halides is 2. The minimum Gasteiger partial charge on any atom is -0.508 e. The van der Waals surface area contributed by atoms with Crippen LogP contribution in [-0.4, -0.2) is 63.6 Å². The van der Waals surface area contributed by atoms with E-state index in [-0.39, 0.29) is 41.3 Å². The van der Waals surface area contributed by atoms with E-state index in [1.807, 2.05) is 0 Å². The molecule has 6 atom stereocenters. The number of nitrogens with two attached hydrogens (primary N) is 1. The molecule has 2 aromatic carbocycles. The highest BCUT2D eigenvalue weighted by Crippen LogP contribution is 2.67. The van der Waals surface area contributed by atoms with Gasteiger partial charge in [0.1, 0.15) is 23.1 Å². The first-order chi connectivity index (χ1) is 20.3. The molecule has 11 nitrogen and oxygen atoms in total. The normalized spacial score (nSPS) is 31.4. The number of carbonyl (C=O) groups excluding carboxylic acids is 5. The number of hydrogen-bond acceptors (Lipinski definition) is 8. The molecule has 2 heterocycles. The molecule has 6 amide bonds. The van der Waals surface area contributed by atoms with Gasteiger partial charge in [0, 0.05) is 23.6 Å². The largest absolute Gasteiger partial charge is 0.508 e. The Morgan fingerprint density at radius 1 is 1.00 bits per heavy atom. The zero-order valence-corrected chi connectivity index (χ0v) is 24.2. The summed E-state index contributed by atoms with van der Waals surface area (Å²) in [6.07, 6.45) is 1.28. The number of likely N-dealkylation sites (tertiary alicyclic amines) is 1. The van der Waals surface area contributed by atoms with Gasteiger partial charge in [-0.25, -0.2) is 14.1 Å². The van der Waals surface area contributed by atoms with Crippen LogP contribution in [0.15, 0.2) is 48.0 Å². The molecule has 6 rings (SSSR count). The number of phenols is 1. The highest BCUT2D eigenvalue weighted by atomic mass is 35.5. The molecule has 2 aliphatic heterocycles. The number of benzene rings is 2. The van der Waals surface area contributed by atoms with Crippen molar-refractivity contribution < 1.29 is 42.9 Å². The molecule has 43 heavy (non-hydrogen) atoms. The van der Waals surface area contributed by atoms with E-state index < -0.39 is 68.9 Å². The maximum absolute atomic E-state index is 14.4. The lowest BCUT2D eigenvalue weighted by atomic mass is 9.56. The number of ether oxygens (including phenoxy) is 2. The SMILES string of the molecule is COc1cc(O)cc(OC)c1[C@H]1C2=CC[C@@H]3C(=O)N(C(N)=O)C(=O)[C@@H]3[C@@H]2C[C@@]2(Cl)C(=O)N(c3ccc(F)cc3)C(=O)[C@@]12Cl. The van der Waals surface area contributed by atoms with Gasteiger partial charge in [-0.15, -0.1) is 23.2 Å². The number of allylic oxidation sites excluding steroid dienone is 2. The van der Waals surface area contributed by atoms with E-state index in [2.05, 4.69) is 0 Å². The highest BCUT2D eigenvalue weighted by molar-refractivity contribution is 6.58. The number of fused-ring (bicyclic) bond motifs is 4. The molecule has 0 unspecified atom stereocenters. The van der Waals surface area contributed by atoms with Gasteiger partial charge in [-0.2, -0.15) is 4.90 Å². The van der Waals surface area contributed by atoms with Crippen molar-refractivity contribution >= 4 is 58.5 Å². The van der Waals surface area contributed by atoms with Crippen LogP contribution >= 0.6 is 23.2 Å². The Balaban J connectivity index is 1.63. The van der Waals surface area contributed by atoms with Gasteiger partial charge in [0.15, 0.2) is 9.75 Å². The van der Waals surface area contributed by atoms with Crippen molar-refractivity contribution in [1.82, 2.24) is 4.90 Å². The molecule has 3 fully saturated rings. The fraction of sp³-hybridized carbons (Fsp3) is 0.345. The van der Waals surface area contributed by atoms with Gasteiger partial charge in [0.25, 0.3) is 11.8 Å². The summed E-state index contributed by atoms with van der Waals surface area (Å²) in [7, 11) is 2.63. The van der Waals surface area contributed by atoms with E-state index in [1.54, 1.807) is 6.08 Å². The minimum atomic E-state index is -2.26. The number of nitrogens with zero attached hydrogens (tertiary/aromatic N) is 2. The second-order valence-electron chi connectivity index (χ2n) is 10.9. The van der Waals surface area contributed by atoms with E-state index >= 15 is 0 Å². The molecule has 0 spiro atoms. The maximum atomic E-state index is 14.4. The number of primary amides is 1. The fourth-order valence-electron chi connectivity index (χ4n) is 7.14. The van der Waals surface area contributed by atoms with E-state index in [4.69, 9.17) is 38.4 Å². The number of aromatic hydroxyl groups is 1. The number of imide groups is 4. The lowest BCUT2D eigenvalue weighted by molar-refractivity contribution is -0.136. The molecule has 2 saturated heterocycles. The zero-order valence-electron chi connectivity index (χ0n) is 22.7. The molecule has 2 aromatic rings. The number of amides is 6. The van der Waals surface area contributed by atoms with Crippen molar-refractivity contribution in [3.63, 3.8) is 0 Å². The number of hydrogen-bond donors (Lipinski definition) is 2. The lowest BCUT2D eigenvalue weighted by Crippen LogP contribution is -2.60. The van der Waals surface area contributed by atoms with Crippen LogP contribution in [0.1, 0.15) is 24.3 Å². The van der Waals surface area contributed by atoms with Crippen LogP contribution in [0.3, 0.4) is 0 Å². The summed E-state index contributed by atoms with van der Waals surface area (Å²) in [5, 5.41) is 10.4. The monoisotopic (exact) mass is 631 g/mol. The van der Waals surface area contributed by atoms with Gasteiger partial charge in [-0.1, -0.05) is 11.6 Å². The first-order valence-corrected chi connectivity index (χ1v) is 13.9.